The maximum absolute atomic E-state index is 12.3. The molecule has 0 unspecified atom stereocenters. The van der Waals surface area contributed by atoms with E-state index in [-0.39, 0.29) is 32.2 Å². The molecule has 3 aromatic rings. The second kappa shape index (κ2) is 11.4. The van der Waals surface area contributed by atoms with Crippen molar-refractivity contribution in [2.24, 2.45) is 0 Å². The zero-order valence-corrected chi connectivity index (χ0v) is 18.3. The summed E-state index contributed by atoms with van der Waals surface area (Å²) in [5, 5.41) is 14.2. The lowest BCUT2D eigenvalue weighted by molar-refractivity contribution is -0.123. The highest BCUT2D eigenvalue weighted by Crippen LogP contribution is 2.28. The average molecular weight is 455 g/mol. The first-order chi connectivity index (χ1) is 15.5. The van der Waals surface area contributed by atoms with Crippen molar-refractivity contribution < 1.29 is 23.1 Å². The first-order valence-corrected chi connectivity index (χ1v) is 11.8. The number of sulfonamides is 1. The van der Waals surface area contributed by atoms with Gasteiger partial charge in [0.2, 0.25) is 10.0 Å². The Morgan fingerprint density at radius 1 is 0.938 bits per heavy atom. The van der Waals surface area contributed by atoms with Gasteiger partial charge in [0.25, 0.3) is 5.91 Å². The van der Waals surface area contributed by atoms with E-state index in [0.29, 0.717) is 12.2 Å². The lowest BCUT2D eigenvalue weighted by Crippen LogP contribution is -2.31. The summed E-state index contributed by atoms with van der Waals surface area (Å²) < 4.78 is 32.8. The molecule has 0 bridgehead atoms. The lowest BCUT2D eigenvalue weighted by atomic mass is 10.0. The van der Waals surface area contributed by atoms with E-state index < -0.39 is 10.0 Å². The van der Waals surface area contributed by atoms with Gasteiger partial charge >= 0.3 is 0 Å². The van der Waals surface area contributed by atoms with E-state index in [4.69, 9.17) is 9.84 Å². The molecule has 0 atom stereocenters. The molecule has 0 heterocycles. The predicted octanol–water partition coefficient (Wildman–Crippen LogP) is 2.46. The van der Waals surface area contributed by atoms with Gasteiger partial charge in [-0.25, -0.2) is 13.1 Å². The van der Waals surface area contributed by atoms with Gasteiger partial charge < -0.3 is 15.2 Å². The molecule has 0 aliphatic carbocycles. The van der Waals surface area contributed by atoms with E-state index in [9.17, 15) is 13.2 Å². The number of amides is 1. The van der Waals surface area contributed by atoms with E-state index in [1.807, 2.05) is 60.7 Å². The normalized spacial score (nSPS) is 11.7. The Morgan fingerprint density at radius 3 is 2.47 bits per heavy atom. The molecule has 0 radical (unpaired) electrons. The molecule has 0 spiro atoms. The topological polar surface area (TPSA) is 105 Å². The van der Waals surface area contributed by atoms with Crippen molar-refractivity contribution in [3.05, 3.63) is 83.3 Å². The maximum atomic E-state index is 12.3. The van der Waals surface area contributed by atoms with Gasteiger partial charge in [0.15, 0.2) is 6.61 Å². The number of hydrogen-bond acceptors (Lipinski definition) is 5. The number of carbonyl (C=O) groups is 1. The Morgan fingerprint density at radius 2 is 1.69 bits per heavy atom. The highest BCUT2D eigenvalue weighted by molar-refractivity contribution is 7.92. The van der Waals surface area contributed by atoms with E-state index in [0.717, 1.165) is 21.9 Å². The number of benzene rings is 3. The van der Waals surface area contributed by atoms with Gasteiger partial charge in [0.05, 0.1) is 6.61 Å². The predicted molar refractivity (Wildman–Crippen MR) is 126 cm³/mol. The number of rotatable bonds is 11. The molecule has 1 amide bonds. The number of fused-ring (bicyclic) bond motifs is 1. The van der Waals surface area contributed by atoms with Crippen LogP contribution in [0.4, 0.5) is 0 Å². The van der Waals surface area contributed by atoms with Crippen molar-refractivity contribution >= 4 is 32.8 Å². The van der Waals surface area contributed by atoms with Gasteiger partial charge in [-0.15, -0.1) is 0 Å². The standard InChI is InChI=1S/C24H26N2O5S/c27-16-15-25-24(28)18-31-23-11-5-9-21-20(8-4-10-22(21)23)12-14-26-32(29,30)17-13-19-6-2-1-3-7-19/h1-11,13,17,26-27H,12,14-16,18H2,(H,25,28)/b17-13+. The highest BCUT2D eigenvalue weighted by atomic mass is 32.2. The highest BCUT2D eigenvalue weighted by Gasteiger charge is 2.10. The molecule has 0 aromatic heterocycles. The second-order valence-electron chi connectivity index (χ2n) is 7.03. The zero-order valence-electron chi connectivity index (χ0n) is 17.5. The van der Waals surface area contributed by atoms with Crippen LogP contribution in [0.15, 0.2) is 72.1 Å². The Labute approximate surface area is 187 Å². The summed E-state index contributed by atoms with van der Waals surface area (Å²) in [5.41, 5.74) is 1.77. The lowest BCUT2D eigenvalue weighted by Gasteiger charge is -2.12. The molecule has 0 aliphatic rings. The smallest absolute Gasteiger partial charge is 0.258 e. The molecular formula is C24H26N2O5S. The average Bonchev–Trinajstić information content (AvgIpc) is 2.81. The first-order valence-electron chi connectivity index (χ1n) is 10.2. The number of aliphatic hydroxyl groups is 1. The Bertz CT molecular complexity index is 1180. The maximum Gasteiger partial charge on any atom is 0.258 e. The van der Waals surface area contributed by atoms with Crippen molar-refractivity contribution in [3.63, 3.8) is 0 Å². The minimum absolute atomic E-state index is 0.130. The molecule has 0 saturated carbocycles. The van der Waals surface area contributed by atoms with E-state index in [2.05, 4.69) is 10.0 Å². The van der Waals surface area contributed by atoms with Crippen molar-refractivity contribution in [3.8, 4) is 5.75 Å². The summed E-state index contributed by atoms with van der Waals surface area (Å²) in [6, 6.07) is 20.5. The summed E-state index contributed by atoms with van der Waals surface area (Å²) >= 11 is 0. The Kier molecular flexibility index (Phi) is 8.38. The Hall–Kier alpha value is -3.20. The van der Waals surface area contributed by atoms with Crippen LogP contribution in [-0.4, -0.2) is 45.7 Å². The fourth-order valence-corrected chi connectivity index (χ4v) is 4.01. The van der Waals surface area contributed by atoms with Crippen LogP contribution in [0.1, 0.15) is 11.1 Å². The Balaban J connectivity index is 1.64. The SMILES string of the molecule is O=C(COc1cccc2c(CCNS(=O)(=O)/C=C/c3ccccc3)cccc12)NCCO. The van der Waals surface area contributed by atoms with E-state index in [1.165, 1.54) is 5.41 Å². The molecule has 168 valence electrons. The third-order valence-corrected chi connectivity index (χ3v) is 5.80. The number of ether oxygens (including phenoxy) is 1. The van der Waals surface area contributed by atoms with Crippen LogP contribution in [0.25, 0.3) is 16.8 Å². The minimum Gasteiger partial charge on any atom is -0.483 e. The molecule has 0 fully saturated rings. The molecule has 32 heavy (non-hydrogen) atoms. The number of carbonyl (C=O) groups excluding carboxylic acids is 1. The number of aliphatic hydroxyl groups excluding tert-OH is 1. The van der Waals surface area contributed by atoms with Gasteiger partial charge in [-0.05, 0) is 35.1 Å². The molecular weight excluding hydrogens is 428 g/mol. The number of hydrogen-bond donors (Lipinski definition) is 3. The minimum atomic E-state index is -3.55. The molecule has 3 aromatic carbocycles. The summed E-state index contributed by atoms with van der Waals surface area (Å²) in [6.45, 7) is 0.139. The molecule has 3 N–H and O–H groups in total. The quantitative estimate of drug-likeness (QED) is 0.413. The monoisotopic (exact) mass is 454 g/mol. The second-order valence-corrected chi connectivity index (χ2v) is 8.68. The van der Waals surface area contributed by atoms with Crippen LogP contribution >= 0.6 is 0 Å². The summed E-state index contributed by atoms with van der Waals surface area (Å²) in [4.78, 5) is 11.7. The number of nitrogens with one attached hydrogen (secondary N) is 2. The van der Waals surface area contributed by atoms with Gasteiger partial charge in [-0.3, -0.25) is 4.79 Å². The van der Waals surface area contributed by atoms with Crippen molar-refractivity contribution in [2.45, 2.75) is 6.42 Å². The molecule has 0 aliphatic heterocycles. The molecule has 7 nitrogen and oxygen atoms in total. The van der Waals surface area contributed by atoms with Crippen LogP contribution in [0.5, 0.6) is 5.75 Å². The van der Waals surface area contributed by atoms with Gasteiger partial charge in [0.1, 0.15) is 5.75 Å². The van der Waals surface area contributed by atoms with Crippen molar-refractivity contribution in [2.75, 3.05) is 26.3 Å². The fourth-order valence-electron chi connectivity index (χ4n) is 3.19. The fraction of sp³-hybridized carbons (Fsp3) is 0.208. The van der Waals surface area contributed by atoms with Crippen LogP contribution < -0.4 is 14.8 Å². The zero-order chi connectivity index (χ0) is 22.8. The summed E-state index contributed by atoms with van der Waals surface area (Å²) in [7, 11) is -3.55. The van der Waals surface area contributed by atoms with Crippen LogP contribution in [0.3, 0.4) is 0 Å². The van der Waals surface area contributed by atoms with Gasteiger partial charge in [0, 0.05) is 23.9 Å². The molecule has 0 saturated heterocycles. The first kappa shape index (κ1) is 23.5. The molecule has 3 rings (SSSR count). The van der Waals surface area contributed by atoms with Crippen molar-refractivity contribution in [1.29, 1.82) is 0 Å². The van der Waals surface area contributed by atoms with Crippen LogP contribution in [0, 0.1) is 0 Å². The third-order valence-electron chi connectivity index (χ3n) is 4.70. The van der Waals surface area contributed by atoms with Gasteiger partial charge in [-0.2, -0.15) is 0 Å². The van der Waals surface area contributed by atoms with E-state index >= 15 is 0 Å². The van der Waals surface area contributed by atoms with Gasteiger partial charge in [-0.1, -0.05) is 60.7 Å². The summed E-state index contributed by atoms with van der Waals surface area (Å²) in [5.74, 6) is 0.250. The largest absolute Gasteiger partial charge is 0.483 e. The van der Waals surface area contributed by atoms with Crippen molar-refractivity contribution in [1.82, 2.24) is 10.0 Å². The molecule has 8 heteroatoms. The summed E-state index contributed by atoms with van der Waals surface area (Å²) in [6.07, 6.45) is 2.05. The third kappa shape index (κ3) is 6.91. The van der Waals surface area contributed by atoms with E-state index in [1.54, 1.807) is 12.1 Å². The van der Waals surface area contributed by atoms with Crippen LogP contribution in [-0.2, 0) is 21.2 Å². The van der Waals surface area contributed by atoms with Crippen LogP contribution in [0.2, 0.25) is 0 Å².